The largest absolute Gasteiger partial charge is 0.486 e. The molecule has 4 rings (SSSR count). The third-order valence-electron chi connectivity index (χ3n) is 4.72. The van der Waals surface area contributed by atoms with Crippen molar-refractivity contribution in [2.45, 2.75) is 13.5 Å². The number of halogens is 5. The van der Waals surface area contributed by atoms with Gasteiger partial charge in [-0.2, -0.15) is 8.78 Å². The average Bonchev–Trinajstić information content (AvgIpc) is 3.08. The van der Waals surface area contributed by atoms with Crippen LogP contribution in [0.5, 0.6) is 17.2 Å². The zero-order valence-corrected chi connectivity index (χ0v) is 16.3. The summed E-state index contributed by atoms with van der Waals surface area (Å²) < 4.78 is 80.2. The van der Waals surface area contributed by atoms with E-state index in [9.17, 15) is 22.0 Å². The van der Waals surface area contributed by atoms with Crippen molar-refractivity contribution in [2.24, 2.45) is 7.05 Å². The maximum Gasteiger partial charge on any atom is 0.207 e. The number of benzene rings is 3. The Kier molecular flexibility index (Phi) is 5.26. The van der Waals surface area contributed by atoms with Crippen LogP contribution in [0.3, 0.4) is 0 Å². The Morgan fingerprint density at radius 1 is 0.806 bits per heavy atom. The Morgan fingerprint density at radius 3 is 2.03 bits per heavy atom. The fraction of sp³-hybridized carbons (Fsp3) is 0.136. The molecule has 0 atom stereocenters. The van der Waals surface area contributed by atoms with Gasteiger partial charge in [-0.3, -0.25) is 0 Å². The number of ether oxygens (including phenoxy) is 2. The molecule has 0 fully saturated rings. The Hall–Kier alpha value is -3.62. The summed E-state index contributed by atoms with van der Waals surface area (Å²) in [4.78, 5) is 4.43. The van der Waals surface area contributed by atoms with Crippen molar-refractivity contribution in [3.63, 3.8) is 0 Å². The molecule has 0 bridgehead atoms. The van der Waals surface area contributed by atoms with Gasteiger partial charge in [0.25, 0.3) is 0 Å². The minimum Gasteiger partial charge on any atom is -0.486 e. The first-order valence-corrected chi connectivity index (χ1v) is 9.10. The molecule has 0 saturated carbocycles. The average molecular weight is 434 g/mol. The zero-order valence-electron chi connectivity index (χ0n) is 16.3. The van der Waals surface area contributed by atoms with Gasteiger partial charge in [0, 0.05) is 13.1 Å². The first-order valence-electron chi connectivity index (χ1n) is 9.10. The summed E-state index contributed by atoms with van der Waals surface area (Å²) in [6, 6.07) is 11.7. The van der Waals surface area contributed by atoms with Crippen molar-refractivity contribution in [1.29, 1.82) is 0 Å². The highest BCUT2D eigenvalue weighted by Crippen LogP contribution is 2.34. The molecule has 4 aromatic rings. The Morgan fingerprint density at radius 2 is 1.39 bits per heavy atom. The molecule has 3 aromatic carbocycles. The van der Waals surface area contributed by atoms with Gasteiger partial charge in [0.05, 0.1) is 11.0 Å². The van der Waals surface area contributed by atoms with E-state index in [1.165, 1.54) is 18.2 Å². The molecule has 160 valence electrons. The van der Waals surface area contributed by atoms with E-state index in [0.717, 1.165) is 5.56 Å². The lowest BCUT2D eigenvalue weighted by molar-refractivity contribution is 0.292. The van der Waals surface area contributed by atoms with Crippen LogP contribution in [0.25, 0.3) is 11.0 Å². The predicted octanol–water partition coefficient (Wildman–Crippen LogP) is 5.95. The first kappa shape index (κ1) is 20.6. The van der Waals surface area contributed by atoms with Crippen molar-refractivity contribution in [1.82, 2.24) is 9.55 Å². The molecule has 4 nitrogen and oxygen atoms in total. The third-order valence-corrected chi connectivity index (χ3v) is 4.72. The quantitative estimate of drug-likeness (QED) is 0.221. The van der Waals surface area contributed by atoms with Crippen molar-refractivity contribution in [3.8, 4) is 17.2 Å². The second-order valence-corrected chi connectivity index (χ2v) is 6.84. The summed E-state index contributed by atoms with van der Waals surface area (Å²) in [6.07, 6.45) is 0. The summed E-state index contributed by atoms with van der Waals surface area (Å²) in [5, 5.41) is 0. The van der Waals surface area contributed by atoms with E-state index in [4.69, 9.17) is 9.47 Å². The highest BCUT2D eigenvalue weighted by Gasteiger charge is 2.27. The van der Waals surface area contributed by atoms with Crippen LogP contribution in [0.1, 0.15) is 11.4 Å². The fourth-order valence-corrected chi connectivity index (χ4v) is 2.99. The number of hydrogen-bond acceptors (Lipinski definition) is 3. The molecule has 0 unspecified atom stereocenters. The third kappa shape index (κ3) is 3.78. The standard InChI is InChI=1S/C22H15F5N2O2/c1-11-3-5-12(6-4-11)30-10-16-28-14-8-7-13(9-15(14)29(16)2)31-22-20(26)18(24)17(23)19(25)21(22)27/h3-9H,10H2,1-2H3. The van der Waals surface area contributed by atoms with Gasteiger partial charge in [0.15, 0.2) is 0 Å². The molecular formula is C22H15F5N2O2. The van der Waals surface area contributed by atoms with Crippen LogP contribution >= 0.6 is 0 Å². The van der Waals surface area contributed by atoms with E-state index >= 15 is 0 Å². The molecule has 9 heteroatoms. The number of hydrogen-bond donors (Lipinski definition) is 0. The smallest absolute Gasteiger partial charge is 0.207 e. The van der Waals surface area contributed by atoms with Crippen LogP contribution in [-0.2, 0) is 13.7 Å². The highest BCUT2D eigenvalue weighted by atomic mass is 19.2. The molecule has 0 amide bonds. The summed E-state index contributed by atoms with van der Waals surface area (Å²) in [6.45, 7) is 2.11. The first-order chi connectivity index (χ1) is 14.8. The van der Waals surface area contributed by atoms with Gasteiger partial charge in [-0.25, -0.2) is 18.2 Å². The van der Waals surface area contributed by atoms with Gasteiger partial charge in [-0.15, -0.1) is 0 Å². The molecular weight excluding hydrogens is 419 g/mol. The summed E-state index contributed by atoms with van der Waals surface area (Å²) >= 11 is 0. The molecule has 0 aliphatic heterocycles. The van der Waals surface area contributed by atoms with E-state index < -0.39 is 34.8 Å². The topological polar surface area (TPSA) is 36.3 Å². The van der Waals surface area contributed by atoms with E-state index in [1.807, 2.05) is 31.2 Å². The lowest BCUT2D eigenvalue weighted by Crippen LogP contribution is -2.04. The molecule has 1 heterocycles. The van der Waals surface area contributed by atoms with Crippen LogP contribution in [0, 0.1) is 36.0 Å². The van der Waals surface area contributed by atoms with Gasteiger partial charge in [-0.1, -0.05) is 17.7 Å². The SMILES string of the molecule is Cc1ccc(OCc2nc3ccc(Oc4c(F)c(F)c(F)c(F)c4F)cc3n2C)cc1. The van der Waals surface area contributed by atoms with Gasteiger partial charge in [-0.05, 0) is 31.2 Å². The van der Waals surface area contributed by atoms with Crippen LogP contribution in [0.4, 0.5) is 22.0 Å². The lowest BCUT2D eigenvalue weighted by Gasteiger charge is -2.10. The van der Waals surface area contributed by atoms with Crippen LogP contribution in [0.15, 0.2) is 42.5 Å². The summed E-state index contributed by atoms with van der Waals surface area (Å²) in [5.41, 5.74) is 2.15. The molecule has 31 heavy (non-hydrogen) atoms. The number of imidazole rings is 1. The molecule has 0 saturated heterocycles. The maximum atomic E-state index is 13.9. The van der Waals surface area contributed by atoms with Crippen molar-refractivity contribution in [3.05, 3.63) is 82.9 Å². The Balaban J connectivity index is 1.62. The molecule has 0 aliphatic carbocycles. The molecule has 0 radical (unpaired) electrons. The Bertz CT molecular complexity index is 1260. The number of nitrogens with zero attached hydrogens (tertiary/aromatic N) is 2. The van der Waals surface area contributed by atoms with Gasteiger partial charge in [0.2, 0.25) is 34.8 Å². The molecule has 0 N–H and O–H groups in total. The van der Waals surface area contributed by atoms with Crippen molar-refractivity contribution < 1.29 is 31.4 Å². The van der Waals surface area contributed by atoms with Crippen LogP contribution < -0.4 is 9.47 Å². The van der Waals surface area contributed by atoms with Gasteiger partial charge >= 0.3 is 0 Å². The second-order valence-electron chi connectivity index (χ2n) is 6.84. The van der Waals surface area contributed by atoms with Gasteiger partial charge in [0.1, 0.15) is 23.9 Å². The number of aromatic nitrogens is 2. The molecule has 0 spiro atoms. The Labute approximate surface area is 173 Å². The van der Waals surface area contributed by atoms with E-state index in [0.29, 0.717) is 22.6 Å². The van der Waals surface area contributed by atoms with Gasteiger partial charge < -0.3 is 14.0 Å². The fourth-order valence-electron chi connectivity index (χ4n) is 2.99. The second kappa shape index (κ2) is 7.90. The summed E-state index contributed by atoms with van der Waals surface area (Å²) in [5.74, 6) is -10.8. The predicted molar refractivity (Wildman–Crippen MR) is 103 cm³/mol. The monoisotopic (exact) mass is 434 g/mol. The number of aryl methyl sites for hydroxylation is 2. The minimum atomic E-state index is -2.25. The maximum absolute atomic E-state index is 13.9. The highest BCUT2D eigenvalue weighted by molar-refractivity contribution is 5.77. The van der Waals surface area contributed by atoms with Crippen molar-refractivity contribution in [2.75, 3.05) is 0 Å². The van der Waals surface area contributed by atoms with Crippen molar-refractivity contribution >= 4 is 11.0 Å². The molecule has 0 aliphatic rings. The number of fused-ring (bicyclic) bond motifs is 1. The van der Waals surface area contributed by atoms with Crippen LogP contribution in [0.2, 0.25) is 0 Å². The van der Waals surface area contributed by atoms with E-state index in [1.54, 1.807) is 11.6 Å². The molecule has 1 aromatic heterocycles. The summed E-state index contributed by atoms with van der Waals surface area (Å²) in [7, 11) is 1.70. The minimum absolute atomic E-state index is 0.121. The lowest BCUT2D eigenvalue weighted by atomic mass is 10.2. The van der Waals surface area contributed by atoms with Crippen LogP contribution in [-0.4, -0.2) is 9.55 Å². The van der Waals surface area contributed by atoms with E-state index in [-0.39, 0.29) is 12.4 Å². The number of rotatable bonds is 5. The van der Waals surface area contributed by atoms with E-state index in [2.05, 4.69) is 4.98 Å². The normalized spacial score (nSPS) is 11.2. The zero-order chi connectivity index (χ0) is 22.3.